The van der Waals surface area contributed by atoms with Gasteiger partial charge in [0.2, 0.25) is 0 Å². The maximum absolute atomic E-state index is 12.9. The molecule has 0 saturated heterocycles. The minimum atomic E-state index is -4.66. The van der Waals surface area contributed by atoms with Crippen molar-refractivity contribution in [2.24, 2.45) is 0 Å². The molecule has 0 radical (unpaired) electrons. The van der Waals surface area contributed by atoms with Crippen LogP contribution < -0.4 is 24.2 Å². The number of carbonyl (C=O) groups excluding carboxylic acids is 2. The van der Waals surface area contributed by atoms with E-state index >= 15 is 0 Å². The highest BCUT2D eigenvalue weighted by molar-refractivity contribution is 7.92. The van der Waals surface area contributed by atoms with E-state index < -0.39 is 40.2 Å². The molecule has 0 aliphatic heterocycles. The fourth-order valence-corrected chi connectivity index (χ4v) is 4.70. The van der Waals surface area contributed by atoms with Crippen LogP contribution >= 0.6 is 11.6 Å². The smallest absolute Gasteiger partial charge is 0.416 e. The van der Waals surface area contributed by atoms with Crippen LogP contribution in [0.2, 0.25) is 5.02 Å². The number of nitrogens with one attached hydrogen (secondary N) is 2. The van der Waals surface area contributed by atoms with Crippen LogP contribution in [0.4, 0.5) is 24.5 Å². The van der Waals surface area contributed by atoms with Gasteiger partial charge in [-0.1, -0.05) is 17.7 Å². The second-order valence-electron chi connectivity index (χ2n) is 7.86. The second-order valence-corrected chi connectivity index (χ2v) is 9.95. The molecule has 0 spiro atoms. The summed E-state index contributed by atoms with van der Waals surface area (Å²) in [4.78, 5) is 24.4. The first kappa shape index (κ1) is 30.4. The molecule has 40 heavy (non-hydrogen) atoms. The summed E-state index contributed by atoms with van der Waals surface area (Å²) >= 11 is 6.14. The summed E-state index contributed by atoms with van der Waals surface area (Å²) in [6.45, 7) is -0.594. The van der Waals surface area contributed by atoms with Crippen LogP contribution in [0.1, 0.15) is 15.9 Å². The number of esters is 1. The number of benzene rings is 3. The van der Waals surface area contributed by atoms with Crippen molar-refractivity contribution in [2.75, 3.05) is 38.0 Å². The maximum atomic E-state index is 12.9. The Morgan fingerprint density at radius 2 is 1.60 bits per heavy atom. The fraction of sp³-hybridized carbons (Fsp3) is 0.200. The molecule has 3 aromatic carbocycles. The van der Waals surface area contributed by atoms with Crippen LogP contribution in [0, 0.1) is 0 Å². The summed E-state index contributed by atoms with van der Waals surface area (Å²) in [7, 11) is -0.422. The molecular formula is C25H22ClF3N2O8S. The van der Waals surface area contributed by atoms with E-state index in [1.165, 1.54) is 32.4 Å². The van der Waals surface area contributed by atoms with Crippen LogP contribution in [-0.2, 0) is 25.7 Å². The topological polar surface area (TPSA) is 129 Å². The zero-order chi connectivity index (χ0) is 29.7. The number of amides is 1. The first-order valence-electron chi connectivity index (χ1n) is 11.1. The molecule has 10 nitrogen and oxygen atoms in total. The molecule has 0 aromatic heterocycles. The van der Waals surface area contributed by atoms with Gasteiger partial charge < -0.3 is 24.3 Å². The van der Waals surface area contributed by atoms with Crippen molar-refractivity contribution in [3.63, 3.8) is 0 Å². The normalized spacial score (nSPS) is 11.4. The Hall–Kier alpha value is -4.17. The highest BCUT2D eigenvalue weighted by Crippen LogP contribution is 2.34. The van der Waals surface area contributed by atoms with Crippen LogP contribution in [0.5, 0.6) is 17.2 Å². The number of anilines is 2. The number of rotatable bonds is 10. The number of hydrogen-bond donors (Lipinski definition) is 2. The lowest BCUT2D eigenvalue weighted by molar-refractivity contribution is -0.137. The Balaban J connectivity index is 1.73. The van der Waals surface area contributed by atoms with E-state index in [0.29, 0.717) is 6.07 Å². The van der Waals surface area contributed by atoms with Crippen molar-refractivity contribution >= 4 is 44.9 Å². The van der Waals surface area contributed by atoms with E-state index in [1.807, 2.05) is 0 Å². The number of ether oxygens (including phenoxy) is 4. The average molecular weight is 603 g/mol. The first-order chi connectivity index (χ1) is 18.8. The largest absolute Gasteiger partial charge is 0.493 e. The minimum Gasteiger partial charge on any atom is -0.493 e. The number of halogens is 4. The number of sulfonamides is 1. The highest BCUT2D eigenvalue weighted by atomic mass is 35.5. The Morgan fingerprint density at radius 1 is 0.925 bits per heavy atom. The van der Waals surface area contributed by atoms with Crippen molar-refractivity contribution in [1.82, 2.24) is 0 Å². The van der Waals surface area contributed by atoms with Gasteiger partial charge in [0.1, 0.15) is 5.75 Å². The predicted octanol–water partition coefficient (Wildman–Crippen LogP) is 4.98. The summed E-state index contributed by atoms with van der Waals surface area (Å²) < 4.78 is 86.7. The Kier molecular flexibility index (Phi) is 9.37. The van der Waals surface area contributed by atoms with Crippen molar-refractivity contribution in [3.8, 4) is 17.2 Å². The molecule has 1 amide bonds. The van der Waals surface area contributed by atoms with Crippen molar-refractivity contribution in [2.45, 2.75) is 11.1 Å². The van der Waals surface area contributed by atoms with E-state index in [0.717, 1.165) is 37.4 Å². The van der Waals surface area contributed by atoms with Crippen molar-refractivity contribution < 1.29 is 50.1 Å². The van der Waals surface area contributed by atoms with Crippen LogP contribution in [0.15, 0.2) is 59.5 Å². The predicted molar refractivity (Wildman–Crippen MR) is 139 cm³/mol. The summed E-state index contributed by atoms with van der Waals surface area (Å²) in [5.41, 5.74) is -1.30. The third-order valence-electron chi connectivity index (χ3n) is 5.22. The molecule has 0 heterocycles. The van der Waals surface area contributed by atoms with Gasteiger partial charge in [0.15, 0.2) is 18.1 Å². The zero-order valence-corrected chi connectivity index (χ0v) is 22.7. The standard InChI is InChI=1S/C25H22ClF3N2O8S/c1-36-21-11-17(24(33)38-3)19(12-22(21)37-2)30-23(32)13-39-20-8-7-16(10-18(20)26)40(34,35)31-15-6-4-5-14(9-15)25(27,28)29/h4-12,31H,13H2,1-3H3,(H,30,32). The molecule has 2 N–H and O–H groups in total. The lowest BCUT2D eigenvalue weighted by Gasteiger charge is -2.15. The fourth-order valence-electron chi connectivity index (χ4n) is 3.33. The molecule has 0 bridgehead atoms. The van der Waals surface area contributed by atoms with Crippen molar-refractivity contribution in [1.29, 1.82) is 0 Å². The molecule has 0 unspecified atom stereocenters. The van der Waals surface area contributed by atoms with Crippen LogP contribution in [0.25, 0.3) is 0 Å². The van der Waals surface area contributed by atoms with E-state index in [1.54, 1.807) is 0 Å². The molecule has 15 heteroatoms. The Labute approximate surface area is 232 Å². The third-order valence-corrected chi connectivity index (χ3v) is 6.89. The number of methoxy groups -OCH3 is 3. The second kappa shape index (κ2) is 12.3. The van der Waals surface area contributed by atoms with E-state index in [-0.39, 0.29) is 44.1 Å². The molecule has 3 aromatic rings. The summed E-state index contributed by atoms with van der Waals surface area (Å²) in [6.07, 6.45) is -4.66. The number of carbonyl (C=O) groups is 2. The van der Waals surface area contributed by atoms with E-state index in [2.05, 4.69) is 10.0 Å². The number of hydrogen-bond acceptors (Lipinski definition) is 8. The molecule has 214 valence electrons. The van der Waals surface area contributed by atoms with Gasteiger partial charge in [-0.05, 0) is 36.4 Å². The van der Waals surface area contributed by atoms with Crippen LogP contribution in [0.3, 0.4) is 0 Å². The van der Waals surface area contributed by atoms with E-state index in [9.17, 15) is 31.2 Å². The van der Waals surface area contributed by atoms with Gasteiger partial charge in [0.25, 0.3) is 15.9 Å². The molecule has 3 rings (SSSR count). The lowest BCUT2D eigenvalue weighted by Crippen LogP contribution is -2.22. The zero-order valence-electron chi connectivity index (χ0n) is 21.1. The molecule has 0 atom stereocenters. The van der Waals surface area contributed by atoms with Crippen molar-refractivity contribution in [3.05, 3.63) is 70.7 Å². The van der Waals surface area contributed by atoms with Gasteiger partial charge in [-0.15, -0.1) is 0 Å². The molecule has 0 saturated carbocycles. The molecule has 0 aliphatic carbocycles. The lowest BCUT2D eigenvalue weighted by atomic mass is 10.1. The highest BCUT2D eigenvalue weighted by Gasteiger charge is 2.31. The quantitative estimate of drug-likeness (QED) is 0.311. The summed E-state index contributed by atoms with van der Waals surface area (Å²) in [6, 6.07) is 9.63. The SMILES string of the molecule is COC(=O)c1cc(OC)c(OC)cc1NC(=O)COc1ccc(S(=O)(=O)Nc2cccc(C(F)(F)F)c2)cc1Cl. The molecule has 0 fully saturated rings. The van der Waals surface area contributed by atoms with Gasteiger partial charge >= 0.3 is 12.1 Å². The summed E-state index contributed by atoms with van der Waals surface area (Å²) in [5, 5.41) is 2.30. The van der Waals surface area contributed by atoms with Gasteiger partial charge in [-0.3, -0.25) is 9.52 Å². The van der Waals surface area contributed by atoms with Crippen LogP contribution in [-0.4, -0.2) is 48.2 Å². The Bertz CT molecular complexity index is 1530. The van der Waals surface area contributed by atoms with Gasteiger partial charge in [0.05, 0.1) is 48.1 Å². The maximum Gasteiger partial charge on any atom is 0.416 e. The number of alkyl halides is 3. The third kappa shape index (κ3) is 7.27. The van der Waals surface area contributed by atoms with Gasteiger partial charge in [-0.25, -0.2) is 13.2 Å². The minimum absolute atomic E-state index is 0.0191. The van der Waals surface area contributed by atoms with Gasteiger partial charge in [0, 0.05) is 17.8 Å². The first-order valence-corrected chi connectivity index (χ1v) is 12.9. The monoisotopic (exact) mass is 602 g/mol. The van der Waals surface area contributed by atoms with Gasteiger partial charge in [-0.2, -0.15) is 13.2 Å². The molecular weight excluding hydrogens is 581 g/mol. The molecule has 0 aliphatic rings. The summed E-state index contributed by atoms with van der Waals surface area (Å²) in [5.74, 6) is -1.08. The average Bonchev–Trinajstić information content (AvgIpc) is 2.91. The Morgan fingerprint density at radius 3 is 2.20 bits per heavy atom. The van der Waals surface area contributed by atoms with E-state index in [4.69, 9.17) is 30.5 Å².